The van der Waals surface area contributed by atoms with E-state index in [2.05, 4.69) is 5.32 Å². The number of benzene rings is 1. The zero-order valence-corrected chi connectivity index (χ0v) is 10.4. The van der Waals surface area contributed by atoms with Crippen LogP contribution in [0.5, 0.6) is 0 Å². The normalized spacial score (nSPS) is 23.7. The molecule has 2 atom stereocenters. The van der Waals surface area contributed by atoms with Gasteiger partial charge in [0.1, 0.15) is 5.82 Å². The number of aryl methyl sites for hydroxylation is 1. The Labute approximate surface area is 105 Å². The SMILES string of the molecule is Cc1ccc(C(=O)NC2CCCC2Cl)c(F)c1. The van der Waals surface area contributed by atoms with Crippen LogP contribution in [-0.4, -0.2) is 17.3 Å². The molecule has 0 saturated heterocycles. The fourth-order valence-corrected chi connectivity index (χ4v) is 2.47. The average Bonchev–Trinajstić information content (AvgIpc) is 2.64. The van der Waals surface area contributed by atoms with Crippen LogP contribution in [0.2, 0.25) is 0 Å². The Balaban J connectivity index is 2.09. The molecule has 1 fully saturated rings. The van der Waals surface area contributed by atoms with Gasteiger partial charge < -0.3 is 5.32 Å². The molecular weight excluding hydrogens is 241 g/mol. The molecule has 1 aliphatic carbocycles. The van der Waals surface area contributed by atoms with Crippen LogP contribution in [0.4, 0.5) is 4.39 Å². The van der Waals surface area contributed by atoms with E-state index in [1.807, 2.05) is 0 Å². The van der Waals surface area contributed by atoms with Gasteiger partial charge in [0.2, 0.25) is 0 Å². The summed E-state index contributed by atoms with van der Waals surface area (Å²) >= 11 is 6.07. The quantitative estimate of drug-likeness (QED) is 0.809. The minimum atomic E-state index is -0.480. The summed E-state index contributed by atoms with van der Waals surface area (Å²) in [4.78, 5) is 11.9. The van der Waals surface area contributed by atoms with Crippen molar-refractivity contribution in [2.75, 3.05) is 0 Å². The van der Waals surface area contributed by atoms with Crippen molar-refractivity contribution in [1.29, 1.82) is 0 Å². The van der Waals surface area contributed by atoms with Gasteiger partial charge in [-0.1, -0.05) is 6.07 Å². The molecule has 0 bridgehead atoms. The van der Waals surface area contributed by atoms with Crippen LogP contribution in [0.15, 0.2) is 18.2 Å². The highest BCUT2D eigenvalue weighted by Gasteiger charge is 2.27. The van der Waals surface area contributed by atoms with E-state index in [1.165, 1.54) is 12.1 Å². The molecule has 1 aromatic carbocycles. The summed E-state index contributed by atoms with van der Waals surface area (Å²) < 4.78 is 13.6. The first-order valence-electron chi connectivity index (χ1n) is 5.79. The summed E-state index contributed by atoms with van der Waals surface area (Å²) in [6.07, 6.45) is 2.78. The number of halogens is 2. The Morgan fingerprint density at radius 3 is 2.82 bits per heavy atom. The van der Waals surface area contributed by atoms with Crippen LogP contribution in [0.3, 0.4) is 0 Å². The number of hydrogen-bond donors (Lipinski definition) is 1. The molecule has 1 aromatic rings. The van der Waals surface area contributed by atoms with E-state index in [1.54, 1.807) is 13.0 Å². The summed E-state index contributed by atoms with van der Waals surface area (Å²) in [5.74, 6) is -0.855. The van der Waals surface area contributed by atoms with Crippen molar-refractivity contribution in [3.63, 3.8) is 0 Å². The van der Waals surface area contributed by atoms with Gasteiger partial charge in [-0.2, -0.15) is 0 Å². The maximum atomic E-state index is 13.6. The molecule has 2 rings (SSSR count). The van der Waals surface area contributed by atoms with Gasteiger partial charge in [0.15, 0.2) is 0 Å². The van der Waals surface area contributed by atoms with Crippen molar-refractivity contribution >= 4 is 17.5 Å². The summed E-state index contributed by atoms with van der Waals surface area (Å²) in [6, 6.07) is 4.56. The number of rotatable bonds is 2. The zero-order valence-electron chi connectivity index (χ0n) is 9.67. The lowest BCUT2D eigenvalue weighted by Crippen LogP contribution is -2.38. The second kappa shape index (κ2) is 5.05. The summed E-state index contributed by atoms with van der Waals surface area (Å²) in [7, 11) is 0. The number of amides is 1. The van der Waals surface area contributed by atoms with Crippen molar-refractivity contribution in [2.45, 2.75) is 37.6 Å². The Morgan fingerprint density at radius 2 is 2.24 bits per heavy atom. The first-order valence-corrected chi connectivity index (χ1v) is 6.22. The molecule has 17 heavy (non-hydrogen) atoms. The van der Waals surface area contributed by atoms with Crippen molar-refractivity contribution in [1.82, 2.24) is 5.32 Å². The first-order chi connectivity index (χ1) is 8.08. The van der Waals surface area contributed by atoms with Gasteiger partial charge in [0.25, 0.3) is 5.91 Å². The van der Waals surface area contributed by atoms with Crippen molar-refractivity contribution < 1.29 is 9.18 Å². The summed E-state index contributed by atoms with van der Waals surface area (Å²) in [5, 5.41) is 2.76. The Morgan fingerprint density at radius 1 is 1.47 bits per heavy atom. The highest BCUT2D eigenvalue weighted by atomic mass is 35.5. The van der Waals surface area contributed by atoms with Crippen LogP contribution in [0, 0.1) is 12.7 Å². The van der Waals surface area contributed by atoms with E-state index in [-0.39, 0.29) is 22.9 Å². The number of hydrogen-bond acceptors (Lipinski definition) is 1. The molecule has 1 N–H and O–H groups in total. The molecule has 4 heteroatoms. The molecule has 0 heterocycles. The molecular formula is C13H15ClFNO. The molecule has 92 valence electrons. The largest absolute Gasteiger partial charge is 0.348 e. The molecule has 1 saturated carbocycles. The van der Waals surface area contributed by atoms with E-state index < -0.39 is 5.82 Å². The van der Waals surface area contributed by atoms with Gasteiger partial charge in [-0.3, -0.25) is 4.79 Å². The van der Waals surface area contributed by atoms with Crippen LogP contribution in [-0.2, 0) is 0 Å². The van der Waals surface area contributed by atoms with E-state index in [4.69, 9.17) is 11.6 Å². The maximum absolute atomic E-state index is 13.6. The van der Waals surface area contributed by atoms with Gasteiger partial charge in [0, 0.05) is 6.04 Å². The fraction of sp³-hybridized carbons (Fsp3) is 0.462. The molecule has 0 aliphatic heterocycles. The van der Waals surface area contributed by atoms with Crippen molar-refractivity contribution in [3.8, 4) is 0 Å². The molecule has 0 aromatic heterocycles. The molecule has 1 aliphatic rings. The van der Waals surface area contributed by atoms with Crippen LogP contribution in [0.1, 0.15) is 35.2 Å². The summed E-state index contributed by atoms with van der Waals surface area (Å²) in [6.45, 7) is 1.79. The highest BCUT2D eigenvalue weighted by Crippen LogP contribution is 2.24. The first kappa shape index (κ1) is 12.4. The lowest BCUT2D eigenvalue weighted by atomic mass is 10.1. The predicted octanol–water partition coefficient (Wildman–Crippen LogP) is 3.02. The van der Waals surface area contributed by atoms with E-state index in [9.17, 15) is 9.18 Å². The Bertz CT molecular complexity index is 435. The molecule has 2 nitrogen and oxygen atoms in total. The number of alkyl halides is 1. The Kier molecular flexibility index (Phi) is 3.67. The molecule has 0 radical (unpaired) electrons. The third-order valence-electron chi connectivity index (χ3n) is 3.12. The Hall–Kier alpha value is -1.09. The third kappa shape index (κ3) is 2.78. The lowest BCUT2D eigenvalue weighted by molar-refractivity contribution is 0.0934. The highest BCUT2D eigenvalue weighted by molar-refractivity contribution is 6.21. The van der Waals surface area contributed by atoms with E-state index >= 15 is 0 Å². The van der Waals surface area contributed by atoms with Gasteiger partial charge in [0.05, 0.1) is 10.9 Å². The van der Waals surface area contributed by atoms with Crippen molar-refractivity contribution in [2.24, 2.45) is 0 Å². The molecule has 2 unspecified atom stereocenters. The topological polar surface area (TPSA) is 29.1 Å². The van der Waals surface area contributed by atoms with E-state index in [0.29, 0.717) is 0 Å². The lowest BCUT2D eigenvalue weighted by Gasteiger charge is -2.16. The minimum Gasteiger partial charge on any atom is -0.348 e. The minimum absolute atomic E-state index is 0.0348. The second-order valence-electron chi connectivity index (χ2n) is 4.51. The van der Waals surface area contributed by atoms with Gasteiger partial charge in [-0.15, -0.1) is 11.6 Å². The van der Waals surface area contributed by atoms with Crippen LogP contribution in [0.25, 0.3) is 0 Å². The number of carbonyl (C=O) groups excluding carboxylic acids is 1. The monoisotopic (exact) mass is 255 g/mol. The third-order valence-corrected chi connectivity index (χ3v) is 3.64. The van der Waals surface area contributed by atoms with E-state index in [0.717, 1.165) is 24.8 Å². The number of nitrogens with one attached hydrogen (secondary N) is 1. The zero-order chi connectivity index (χ0) is 12.4. The van der Waals surface area contributed by atoms with Gasteiger partial charge in [-0.05, 0) is 43.9 Å². The molecule has 1 amide bonds. The predicted molar refractivity (Wildman–Crippen MR) is 65.9 cm³/mol. The van der Waals surface area contributed by atoms with Gasteiger partial charge in [-0.25, -0.2) is 4.39 Å². The summed E-state index contributed by atoms with van der Waals surface area (Å²) in [5.41, 5.74) is 0.890. The fourth-order valence-electron chi connectivity index (χ4n) is 2.13. The van der Waals surface area contributed by atoms with Crippen molar-refractivity contribution in [3.05, 3.63) is 35.1 Å². The average molecular weight is 256 g/mol. The second-order valence-corrected chi connectivity index (χ2v) is 5.07. The standard InChI is InChI=1S/C13H15ClFNO/c1-8-5-6-9(11(15)7-8)13(17)16-12-4-2-3-10(12)14/h5-7,10,12H,2-4H2,1H3,(H,16,17). The van der Waals surface area contributed by atoms with Crippen LogP contribution >= 0.6 is 11.6 Å². The number of carbonyl (C=O) groups is 1. The molecule has 0 spiro atoms. The van der Waals surface area contributed by atoms with Gasteiger partial charge >= 0.3 is 0 Å². The maximum Gasteiger partial charge on any atom is 0.254 e. The van der Waals surface area contributed by atoms with Crippen LogP contribution < -0.4 is 5.32 Å². The smallest absolute Gasteiger partial charge is 0.254 e.